The van der Waals surface area contributed by atoms with Gasteiger partial charge in [-0.25, -0.2) is 0 Å². The first-order valence-corrected chi connectivity index (χ1v) is 28.1. The van der Waals surface area contributed by atoms with Crippen molar-refractivity contribution < 1.29 is 89.1 Å². The predicted molar refractivity (Wildman–Crippen MR) is 293 cm³/mol. The molecule has 12 N–H and O–H groups in total. The van der Waals surface area contributed by atoms with E-state index in [1.165, 1.54) is 0 Å². The van der Waals surface area contributed by atoms with Crippen molar-refractivity contribution in [1.82, 2.24) is 10.6 Å². The van der Waals surface area contributed by atoms with Crippen molar-refractivity contribution in [2.75, 3.05) is 52.7 Å². The first kappa shape index (κ1) is 63.0. The van der Waals surface area contributed by atoms with Gasteiger partial charge in [0.05, 0.1) is 38.6 Å². The van der Waals surface area contributed by atoms with E-state index in [2.05, 4.69) is 10.6 Å². The average molecular weight is 1160 g/mol. The van der Waals surface area contributed by atoms with Crippen LogP contribution < -0.4 is 20.1 Å². The second kappa shape index (κ2) is 31.2. The number of aliphatic hydroxyl groups excluding tert-OH is 8. The van der Waals surface area contributed by atoms with Crippen molar-refractivity contribution in [1.29, 1.82) is 0 Å². The van der Waals surface area contributed by atoms with Crippen LogP contribution in [0.2, 0.25) is 10.0 Å². The smallest absolute Gasteiger partial charge is 0.320 e. The summed E-state index contributed by atoms with van der Waals surface area (Å²) in [6.07, 6.45) is -1.89. The summed E-state index contributed by atoms with van der Waals surface area (Å²) >= 11 is 12.8. The third-order valence-corrected chi connectivity index (χ3v) is 15.1. The number of ether oxygens (including phenoxy) is 6. The molecular formula is C58H76Cl2N2O18. The van der Waals surface area contributed by atoms with Crippen LogP contribution >= 0.6 is 23.2 Å². The Morgan fingerprint density at radius 2 is 0.875 bits per heavy atom. The van der Waals surface area contributed by atoms with Gasteiger partial charge in [-0.3, -0.25) is 9.59 Å². The fourth-order valence-electron chi connectivity index (χ4n) is 9.42. The molecule has 22 heteroatoms. The summed E-state index contributed by atoms with van der Waals surface area (Å²) in [6.45, 7) is 2.99. The molecule has 0 spiro atoms. The second-order valence-corrected chi connectivity index (χ2v) is 21.5. The van der Waals surface area contributed by atoms with E-state index in [4.69, 9.17) is 61.8 Å². The molecule has 2 aliphatic carbocycles. The Hall–Kier alpha value is -4.56. The lowest BCUT2D eigenvalue weighted by atomic mass is 9.90. The molecule has 4 heterocycles. The Balaban J connectivity index is 0.000000181. The summed E-state index contributed by atoms with van der Waals surface area (Å²) in [6, 6.07) is 25.4. The van der Waals surface area contributed by atoms with Gasteiger partial charge in [0.2, 0.25) is 0 Å². The molecule has 12 atom stereocenters. The number of halogens is 2. The van der Waals surface area contributed by atoms with Crippen molar-refractivity contribution in [2.24, 2.45) is 0 Å². The maximum absolute atomic E-state index is 10.4. The lowest BCUT2D eigenvalue weighted by molar-refractivity contribution is -0.231. The Labute approximate surface area is 475 Å². The van der Waals surface area contributed by atoms with Crippen molar-refractivity contribution >= 4 is 35.1 Å². The van der Waals surface area contributed by atoms with E-state index in [0.717, 1.165) is 98.2 Å². The summed E-state index contributed by atoms with van der Waals surface area (Å²) < 4.78 is 33.9. The largest absolute Gasteiger partial charge is 0.491 e. The minimum atomic E-state index is -1.42. The van der Waals surface area contributed by atoms with Gasteiger partial charge in [0, 0.05) is 10.0 Å². The molecule has 1 unspecified atom stereocenters. The molecule has 0 amide bonds. The molecule has 80 heavy (non-hydrogen) atoms. The van der Waals surface area contributed by atoms with Gasteiger partial charge in [-0.1, -0.05) is 71.7 Å². The minimum Gasteiger partial charge on any atom is -0.491 e. The van der Waals surface area contributed by atoms with Gasteiger partial charge in [0.15, 0.2) is 0 Å². The van der Waals surface area contributed by atoms with Gasteiger partial charge >= 0.3 is 11.9 Å². The Bertz CT molecular complexity index is 2350. The zero-order valence-corrected chi connectivity index (χ0v) is 45.9. The average Bonchev–Trinajstić information content (AvgIpc) is 4.34. The molecule has 2 saturated carbocycles. The molecule has 0 bridgehead atoms. The number of benzene rings is 4. The topological polar surface area (TPSA) is 316 Å². The monoisotopic (exact) mass is 1160 g/mol. The fraction of sp³-hybridized carbons (Fsp3) is 0.552. The Kier molecular flexibility index (Phi) is 24.6. The van der Waals surface area contributed by atoms with E-state index in [9.17, 15) is 50.4 Å². The standard InChI is InChI=1S/2C24H29ClO7.2C5H9NO2/c2*25-19-8-3-15(24-23(29)22(28)21(27)20(13-26)32-24)12-16(19)11-14-1-4-17(5-2-14)30-9-10-31-18-6-7-18;2*7-5(8)4-2-1-3-6-4/h2*1-5,8,12,18,20-24,26-29H,6-7,9-11,13H2;2*4,6H,1-3H2,(H,7,8)/t20-,21-,22+,23-,24?;20-,21-,22+,23-,24+;2*4-/m1100/s1. The lowest BCUT2D eigenvalue weighted by Crippen LogP contribution is -2.55. The van der Waals surface area contributed by atoms with Gasteiger partial charge in [0.1, 0.15) is 97.8 Å². The van der Waals surface area contributed by atoms with Crippen molar-refractivity contribution in [3.63, 3.8) is 0 Å². The quantitative estimate of drug-likeness (QED) is 0.0562. The van der Waals surface area contributed by atoms with Crippen LogP contribution in [0.5, 0.6) is 11.5 Å². The minimum absolute atomic E-state index is 0.269. The molecule has 0 radical (unpaired) electrons. The van der Waals surface area contributed by atoms with Crippen LogP contribution in [0.3, 0.4) is 0 Å². The van der Waals surface area contributed by atoms with Gasteiger partial charge in [-0.05, 0) is 147 Å². The summed E-state index contributed by atoms with van der Waals surface area (Å²) in [4.78, 5) is 20.3. The van der Waals surface area contributed by atoms with Crippen LogP contribution in [-0.2, 0) is 41.4 Å². The second-order valence-electron chi connectivity index (χ2n) is 20.7. The highest BCUT2D eigenvalue weighted by molar-refractivity contribution is 6.31. The van der Waals surface area contributed by atoms with Gasteiger partial charge in [-0.15, -0.1) is 0 Å². The third-order valence-electron chi connectivity index (χ3n) is 14.4. The highest BCUT2D eigenvalue weighted by atomic mass is 35.5. The molecule has 20 nitrogen and oxygen atoms in total. The molecule has 4 aliphatic heterocycles. The number of carboxylic acids is 2. The number of rotatable bonds is 20. The molecule has 6 aliphatic rings. The zero-order valence-electron chi connectivity index (χ0n) is 44.4. The van der Waals surface area contributed by atoms with Gasteiger partial charge < -0.3 is 90.1 Å². The maximum atomic E-state index is 10.4. The predicted octanol–water partition coefficient (Wildman–Crippen LogP) is 3.65. The van der Waals surface area contributed by atoms with Crippen LogP contribution in [-0.4, -0.2) is 189 Å². The number of aliphatic carboxylic acids is 2. The normalized spacial score (nSPS) is 28.0. The van der Waals surface area contributed by atoms with Crippen LogP contribution in [0.25, 0.3) is 0 Å². The molecule has 6 fully saturated rings. The van der Waals surface area contributed by atoms with Crippen LogP contribution in [0, 0.1) is 0 Å². The summed E-state index contributed by atoms with van der Waals surface area (Å²) in [5.74, 6) is 0.105. The number of aliphatic hydroxyl groups is 8. The maximum Gasteiger partial charge on any atom is 0.320 e. The molecule has 4 saturated heterocycles. The molecular weight excluding hydrogens is 1080 g/mol. The van der Waals surface area contributed by atoms with Gasteiger partial charge in [0.25, 0.3) is 0 Å². The molecule has 440 valence electrons. The first-order chi connectivity index (χ1) is 38.5. The summed E-state index contributed by atoms with van der Waals surface area (Å²) in [7, 11) is 0. The van der Waals surface area contributed by atoms with Crippen molar-refractivity contribution in [2.45, 2.75) is 150 Å². The highest BCUT2D eigenvalue weighted by Gasteiger charge is 2.45. The summed E-state index contributed by atoms with van der Waals surface area (Å²) in [5, 5.41) is 103. The number of hydrogen-bond donors (Lipinski definition) is 12. The Morgan fingerprint density at radius 1 is 0.500 bits per heavy atom. The third kappa shape index (κ3) is 18.7. The number of nitrogens with one attached hydrogen (secondary N) is 2. The summed E-state index contributed by atoms with van der Waals surface area (Å²) in [5.41, 5.74) is 4.92. The van der Waals surface area contributed by atoms with Gasteiger partial charge in [-0.2, -0.15) is 0 Å². The van der Waals surface area contributed by atoms with Crippen molar-refractivity contribution in [3.05, 3.63) is 128 Å². The number of carboxylic acid groups (broad SMARTS) is 2. The van der Waals surface area contributed by atoms with E-state index < -0.39 is 86.2 Å². The van der Waals surface area contributed by atoms with Crippen molar-refractivity contribution in [3.8, 4) is 11.5 Å². The van der Waals surface area contributed by atoms with Crippen LogP contribution in [0.4, 0.5) is 0 Å². The van der Waals surface area contributed by atoms with E-state index in [1.54, 1.807) is 24.3 Å². The highest BCUT2D eigenvalue weighted by Crippen LogP contribution is 2.37. The molecule has 10 rings (SSSR count). The molecule has 4 aromatic carbocycles. The van der Waals surface area contributed by atoms with E-state index >= 15 is 0 Å². The number of hydrogen-bond acceptors (Lipinski definition) is 18. The SMILES string of the molecule is O=C(O)[C@@H]1CCCN1.O=C(O)[C@@H]1CCCN1.OC[C@H]1OC(c2ccc(Cl)c(Cc3ccc(OCCOC4CC4)cc3)c2)[C@H](O)[C@@H](O)[C@@H]1O.OC[C@H]1O[C@@H](c2ccc(Cl)c(Cc3ccc(OCCOC4CC4)cc3)c2)[C@H](O)[C@@H](O)[C@@H]1O. The van der Waals surface area contributed by atoms with E-state index in [1.807, 2.05) is 60.7 Å². The molecule has 4 aromatic rings. The fourth-order valence-corrected chi connectivity index (χ4v) is 9.79. The van der Waals surface area contributed by atoms with Crippen LogP contribution in [0.15, 0.2) is 84.9 Å². The Morgan fingerprint density at radius 3 is 1.18 bits per heavy atom. The molecule has 0 aromatic heterocycles. The zero-order chi connectivity index (χ0) is 57.3. The van der Waals surface area contributed by atoms with E-state index in [0.29, 0.717) is 72.6 Å². The first-order valence-electron chi connectivity index (χ1n) is 27.3. The number of carbonyl (C=O) groups is 2. The van der Waals surface area contributed by atoms with E-state index in [-0.39, 0.29) is 12.1 Å². The lowest BCUT2D eigenvalue weighted by Gasteiger charge is -2.40. The van der Waals surface area contributed by atoms with Crippen LogP contribution in [0.1, 0.15) is 97.0 Å².